The predicted molar refractivity (Wildman–Crippen MR) is 89.6 cm³/mol. The van der Waals surface area contributed by atoms with E-state index in [1.807, 2.05) is 11.8 Å². The van der Waals surface area contributed by atoms with E-state index in [1.165, 1.54) is 23.5 Å². The molecular formula is C16H25N3S. The summed E-state index contributed by atoms with van der Waals surface area (Å²) in [5.74, 6) is 2.41. The van der Waals surface area contributed by atoms with Crippen LogP contribution >= 0.6 is 11.8 Å². The zero-order chi connectivity index (χ0) is 14.4. The Morgan fingerprint density at radius 1 is 1.35 bits per heavy atom. The number of hydrogen-bond acceptors (Lipinski definition) is 3. The summed E-state index contributed by atoms with van der Waals surface area (Å²) in [4.78, 5) is 4.84. The van der Waals surface area contributed by atoms with Crippen LogP contribution in [0, 0.1) is 0 Å². The topological polar surface area (TPSA) is 29.9 Å². The molecule has 2 rings (SSSR count). The Balaban J connectivity index is 2.25. The van der Waals surface area contributed by atoms with E-state index in [-0.39, 0.29) is 0 Å². The Kier molecular flexibility index (Phi) is 5.92. The fourth-order valence-electron chi connectivity index (χ4n) is 2.58. The Bertz CT molecular complexity index is 536. The molecule has 0 fully saturated rings. The summed E-state index contributed by atoms with van der Waals surface area (Å²) < 4.78 is 2.39. The average Bonchev–Trinajstić information content (AvgIpc) is 2.82. The quantitative estimate of drug-likeness (QED) is 0.809. The summed E-state index contributed by atoms with van der Waals surface area (Å²) in [7, 11) is 2.05. The summed E-state index contributed by atoms with van der Waals surface area (Å²) in [5, 5.41) is 3.43. The largest absolute Gasteiger partial charge is 0.328 e. The van der Waals surface area contributed by atoms with Gasteiger partial charge in [-0.1, -0.05) is 19.1 Å². The van der Waals surface area contributed by atoms with Crippen LogP contribution in [0.3, 0.4) is 0 Å². The van der Waals surface area contributed by atoms with Crippen molar-refractivity contribution in [3.8, 4) is 0 Å². The second-order valence-corrected chi connectivity index (χ2v) is 6.13. The fourth-order valence-corrected chi connectivity index (χ4v) is 3.10. The molecular weight excluding hydrogens is 266 g/mol. The van der Waals surface area contributed by atoms with E-state index in [9.17, 15) is 0 Å². The molecule has 0 aliphatic carbocycles. The first-order chi connectivity index (χ1) is 9.80. The molecule has 0 spiro atoms. The van der Waals surface area contributed by atoms with Crippen LogP contribution in [-0.4, -0.2) is 34.6 Å². The smallest absolute Gasteiger partial charge is 0.111 e. The van der Waals surface area contributed by atoms with Gasteiger partial charge in [-0.15, -0.1) is 0 Å². The van der Waals surface area contributed by atoms with Crippen molar-refractivity contribution >= 4 is 22.8 Å². The number of aryl methyl sites for hydroxylation is 1. The number of rotatable bonds is 8. The number of nitrogens with zero attached hydrogens (tertiary/aromatic N) is 2. The first kappa shape index (κ1) is 15.4. The van der Waals surface area contributed by atoms with E-state index in [4.69, 9.17) is 4.98 Å². The van der Waals surface area contributed by atoms with E-state index in [1.54, 1.807) is 0 Å². The molecule has 0 amide bonds. The van der Waals surface area contributed by atoms with E-state index >= 15 is 0 Å². The van der Waals surface area contributed by atoms with Gasteiger partial charge in [-0.2, -0.15) is 11.8 Å². The Morgan fingerprint density at radius 3 is 2.85 bits per heavy atom. The van der Waals surface area contributed by atoms with Crippen molar-refractivity contribution in [2.45, 2.75) is 38.8 Å². The Hall–Kier alpha value is -1.00. The predicted octanol–water partition coefficient (Wildman–Crippen LogP) is 3.33. The van der Waals surface area contributed by atoms with Crippen LogP contribution in [0.5, 0.6) is 0 Å². The minimum absolute atomic E-state index is 0.509. The molecule has 1 aromatic carbocycles. The zero-order valence-electron chi connectivity index (χ0n) is 12.7. The highest BCUT2D eigenvalue weighted by Gasteiger charge is 2.14. The second kappa shape index (κ2) is 7.70. The molecule has 0 aliphatic heterocycles. The number of fused-ring (bicyclic) bond motifs is 1. The molecule has 20 heavy (non-hydrogen) atoms. The van der Waals surface area contributed by atoms with Crippen molar-refractivity contribution < 1.29 is 0 Å². The van der Waals surface area contributed by atoms with Crippen LogP contribution in [0.2, 0.25) is 0 Å². The van der Waals surface area contributed by atoms with Gasteiger partial charge in [0.15, 0.2) is 0 Å². The van der Waals surface area contributed by atoms with E-state index in [0.717, 1.165) is 24.9 Å². The highest BCUT2D eigenvalue weighted by atomic mass is 32.2. The van der Waals surface area contributed by atoms with Gasteiger partial charge in [0, 0.05) is 19.0 Å². The summed E-state index contributed by atoms with van der Waals surface area (Å²) in [6, 6.07) is 8.97. The zero-order valence-corrected chi connectivity index (χ0v) is 13.5. The second-order valence-electron chi connectivity index (χ2n) is 5.14. The number of para-hydroxylation sites is 2. The molecule has 0 saturated carbocycles. The van der Waals surface area contributed by atoms with Gasteiger partial charge >= 0.3 is 0 Å². The highest BCUT2D eigenvalue weighted by molar-refractivity contribution is 7.98. The van der Waals surface area contributed by atoms with Gasteiger partial charge in [-0.3, -0.25) is 0 Å². The monoisotopic (exact) mass is 291 g/mol. The Morgan fingerprint density at radius 2 is 2.15 bits per heavy atom. The van der Waals surface area contributed by atoms with Crippen molar-refractivity contribution in [1.82, 2.24) is 14.9 Å². The standard InChI is InChI=1S/C16H25N3S/c1-4-10-19-15-8-6-5-7-14(15)18-16(19)12-13(17-2)9-11-20-3/h5-8,13,17H,4,9-12H2,1-3H3. The maximum Gasteiger partial charge on any atom is 0.111 e. The summed E-state index contributed by atoms with van der Waals surface area (Å²) in [6.07, 6.45) is 5.50. The number of aromatic nitrogens is 2. The van der Waals surface area contributed by atoms with Crippen LogP contribution < -0.4 is 5.32 Å². The van der Waals surface area contributed by atoms with Gasteiger partial charge in [0.05, 0.1) is 11.0 Å². The Labute approximate surface area is 126 Å². The number of imidazole rings is 1. The molecule has 2 aromatic rings. The third-order valence-electron chi connectivity index (χ3n) is 3.69. The van der Waals surface area contributed by atoms with Crippen LogP contribution in [0.25, 0.3) is 11.0 Å². The third-order valence-corrected chi connectivity index (χ3v) is 4.33. The minimum Gasteiger partial charge on any atom is -0.328 e. The van der Waals surface area contributed by atoms with Gasteiger partial charge < -0.3 is 9.88 Å². The van der Waals surface area contributed by atoms with Gasteiger partial charge in [0.1, 0.15) is 5.82 Å². The molecule has 3 nitrogen and oxygen atoms in total. The lowest BCUT2D eigenvalue weighted by atomic mass is 10.1. The number of hydrogen-bond donors (Lipinski definition) is 1. The number of nitrogens with one attached hydrogen (secondary N) is 1. The number of thioether (sulfide) groups is 1. The lowest BCUT2D eigenvalue weighted by molar-refractivity contribution is 0.516. The number of likely N-dealkylation sites (N-methyl/N-ethyl adjacent to an activating group) is 1. The fraction of sp³-hybridized carbons (Fsp3) is 0.562. The van der Waals surface area contributed by atoms with Crippen LogP contribution in [0.4, 0.5) is 0 Å². The maximum atomic E-state index is 4.84. The van der Waals surface area contributed by atoms with Crippen molar-refractivity contribution in [1.29, 1.82) is 0 Å². The summed E-state index contributed by atoms with van der Waals surface area (Å²) >= 11 is 1.91. The van der Waals surface area contributed by atoms with Gasteiger partial charge in [-0.25, -0.2) is 4.98 Å². The normalized spacial score (nSPS) is 12.9. The first-order valence-electron chi connectivity index (χ1n) is 7.40. The maximum absolute atomic E-state index is 4.84. The van der Waals surface area contributed by atoms with Crippen LogP contribution in [0.1, 0.15) is 25.6 Å². The van der Waals surface area contributed by atoms with Crippen molar-refractivity contribution in [2.24, 2.45) is 0 Å². The minimum atomic E-state index is 0.509. The molecule has 0 saturated heterocycles. The molecule has 1 N–H and O–H groups in total. The number of benzene rings is 1. The van der Waals surface area contributed by atoms with Crippen molar-refractivity contribution in [3.05, 3.63) is 30.1 Å². The van der Waals surface area contributed by atoms with Crippen LogP contribution in [0.15, 0.2) is 24.3 Å². The van der Waals surface area contributed by atoms with E-state index in [0.29, 0.717) is 6.04 Å². The molecule has 0 radical (unpaired) electrons. The van der Waals surface area contributed by atoms with E-state index < -0.39 is 0 Å². The van der Waals surface area contributed by atoms with Crippen molar-refractivity contribution in [3.63, 3.8) is 0 Å². The molecule has 0 bridgehead atoms. The molecule has 1 aromatic heterocycles. The van der Waals surface area contributed by atoms with Gasteiger partial charge in [0.25, 0.3) is 0 Å². The van der Waals surface area contributed by atoms with Crippen molar-refractivity contribution in [2.75, 3.05) is 19.1 Å². The molecule has 1 heterocycles. The first-order valence-corrected chi connectivity index (χ1v) is 8.79. The molecule has 4 heteroatoms. The van der Waals surface area contributed by atoms with E-state index in [2.05, 4.69) is 54.4 Å². The molecule has 0 aliphatic rings. The lowest BCUT2D eigenvalue weighted by Crippen LogP contribution is -2.29. The highest BCUT2D eigenvalue weighted by Crippen LogP contribution is 2.18. The molecule has 110 valence electrons. The SMILES string of the molecule is CCCn1c(CC(CCSC)NC)nc2ccccc21. The van der Waals surface area contributed by atoms with Gasteiger partial charge in [0.2, 0.25) is 0 Å². The summed E-state index contributed by atoms with van der Waals surface area (Å²) in [5.41, 5.74) is 2.39. The molecule has 1 atom stereocenters. The third kappa shape index (κ3) is 3.55. The average molecular weight is 291 g/mol. The summed E-state index contributed by atoms with van der Waals surface area (Å²) in [6.45, 7) is 3.27. The molecule has 1 unspecified atom stereocenters. The lowest BCUT2D eigenvalue weighted by Gasteiger charge is -2.16. The van der Waals surface area contributed by atoms with Crippen LogP contribution in [-0.2, 0) is 13.0 Å². The van der Waals surface area contributed by atoms with Gasteiger partial charge in [-0.05, 0) is 44.0 Å².